The van der Waals surface area contributed by atoms with Crippen LogP contribution in [0.3, 0.4) is 0 Å². The predicted octanol–water partition coefficient (Wildman–Crippen LogP) is 1.97. The minimum absolute atomic E-state index is 0.607. The van der Waals surface area contributed by atoms with E-state index in [2.05, 4.69) is 36.3 Å². The van der Waals surface area contributed by atoms with E-state index in [1.807, 2.05) is 12.1 Å². The quantitative estimate of drug-likeness (QED) is 0.933. The summed E-state index contributed by atoms with van der Waals surface area (Å²) in [5, 5.41) is 7.36. The van der Waals surface area contributed by atoms with E-state index < -0.39 is 0 Å². The topological polar surface area (TPSA) is 54.2 Å². The monoisotopic (exact) mass is 328 g/mol. The van der Waals surface area contributed by atoms with Gasteiger partial charge in [0.2, 0.25) is 0 Å². The molecule has 0 aromatic carbocycles. The molecule has 0 aliphatic carbocycles. The second-order valence-electron chi connectivity index (χ2n) is 4.15. The van der Waals surface area contributed by atoms with E-state index in [0.29, 0.717) is 5.89 Å². The molecule has 0 bridgehead atoms. The number of rotatable bonds is 3. The summed E-state index contributed by atoms with van der Waals surface area (Å²) in [6.45, 7) is 4.89. The van der Waals surface area contributed by atoms with Gasteiger partial charge in [0.15, 0.2) is 5.82 Å². The molecule has 1 saturated heterocycles. The molecule has 1 aliphatic heterocycles. The van der Waals surface area contributed by atoms with Crippen molar-refractivity contribution in [2.45, 2.75) is 6.54 Å². The van der Waals surface area contributed by atoms with Crippen LogP contribution in [0, 0.1) is 0 Å². The van der Waals surface area contributed by atoms with Gasteiger partial charge in [-0.2, -0.15) is 4.98 Å². The largest absolute Gasteiger partial charge is 0.333 e. The summed E-state index contributed by atoms with van der Waals surface area (Å²) in [5.74, 6) is 1.37. The first kappa shape index (κ1) is 12.3. The number of nitrogens with zero attached hydrogens (tertiary/aromatic N) is 3. The zero-order valence-corrected chi connectivity index (χ0v) is 12.1. The van der Waals surface area contributed by atoms with Gasteiger partial charge in [-0.1, -0.05) is 5.16 Å². The van der Waals surface area contributed by atoms with Crippen molar-refractivity contribution < 1.29 is 4.52 Å². The molecule has 0 atom stereocenters. The van der Waals surface area contributed by atoms with Crippen molar-refractivity contribution in [3.05, 3.63) is 21.7 Å². The Morgan fingerprint density at radius 1 is 1.39 bits per heavy atom. The first-order valence-corrected chi connectivity index (χ1v) is 7.43. The molecule has 0 amide bonds. The molecule has 2 aromatic heterocycles. The predicted molar refractivity (Wildman–Crippen MR) is 73.5 cm³/mol. The highest BCUT2D eigenvalue weighted by Crippen LogP contribution is 2.30. The molecule has 0 spiro atoms. The Hall–Kier alpha value is -0.760. The Bertz CT molecular complexity index is 521. The maximum Gasteiger partial charge on any atom is 0.268 e. The molecular formula is C11H13BrN4OS. The summed E-state index contributed by atoms with van der Waals surface area (Å²) in [6.07, 6.45) is 0. The SMILES string of the molecule is Brc1ccc(-c2nc(CN3CCNCC3)no2)s1. The Morgan fingerprint density at radius 3 is 2.94 bits per heavy atom. The summed E-state index contributed by atoms with van der Waals surface area (Å²) in [6, 6.07) is 3.97. The minimum atomic E-state index is 0.607. The van der Waals surface area contributed by atoms with Gasteiger partial charge < -0.3 is 9.84 Å². The summed E-state index contributed by atoms with van der Waals surface area (Å²) in [7, 11) is 0. The van der Waals surface area contributed by atoms with Crippen molar-refractivity contribution in [3.63, 3.8) is 0 Å². The van der Waals surface area contributed by atoms with Crippen molar-refractivity contribution >= 4 is 27.3 Å². The average molecular weight is 329 g/mol. The summed E-state index contributed by atoms with van der Waals surface area (Å²) < 4.78 is 6.36. The smallest absolute Gasteiger partial charge is 0.268 e. The lowest BCUT2D eigenvalue weighted by Crippen LogP contribution is -2.43. The normalized spacial score (nSPS) is 17.2. The molecule has 7 heteroatoms. The van der Waals surface area contributed by atoms with Gasteiger partial charge in [-0.3, -0.25) is 4.90 Å². The molecule has 2 aromatic rings. The van der Waals surface area contributed by atoms with E-state index in [1.54, 1.807) is 11.3 Å². The van der Waals surface area contributed by atoms with Crippen LogP contribution in [0.25, 0.3) is 10.8 Å². The highest BCUT2D eigenvalue weighted by atomic mass is 79.9. The van der Waals surface area contributed by atoms with Gasteiger partial charge in [0.05, 0.1) is 15.2 Å². The van der Waals surface area contributed by atoms with Crippen LogP contribution < -0.4 is 5.32 Å². The number of hydrogen-bond donors (Lipinski definition) is 1. The lowest BCUT2D eigenvalue weighted by molar-refractivity contribution is 0.225. The molecule has 1 N–H and O–H groups in total. The fourth-order valence-corrected chi connectivity index (χ4v) is 3.22. The van der Waals surface area contributed by atoms with Crippen molar-refractivity contribution in [1.29, 1.82) is 0 Å². The number of piperazine rings is 1. The third-order valence-electron chi connectivity index (χ3n) is 2.83. The van der Waals surface area contributed by atoms with Crippen molar-refractivity contribution in [2.75, 3.05) is 26.2 Å². The maximum atomic E-state index is 5.29. The van der Waals surface area contributed by atoms with Crippen LogP contribution in [0.2, 0.25) is 0 Å². The number of aromatic nitrogens is 2. The Balaban J connectivity index is 1.69. The molecule has 0 radical (unpaired) electrons. The minimum Gasteiger partial charge on any atom is -0.333 e. The lowest BCUT2D eigenvalue weighted by Gasteiger charge is -2.25. The number of hydrogen-bond acceptors (Lipinski definition) is 6. The van der Waals surface area contributed by atoms with E-state index in [0.717, 1.165) is 47.2 Å². The van der Waals surface area contributed by atoms with E-state index in [1.165, 1.54) is 0 Å². The molecular weight excluding hydrogens is 316 g/mol. The summed E-state index contributed by atoms with van der Waals surface area (Å²) >= 11 is 5.03. The van der Waals surface area contributed by atoms with Gasteiger partial charge in [-0.05, 0) is 28.1 Å². The van der Waals surface area contributed by atoms with Crippen molar-refractivity contribution in [3.8, 4) is 10.8 Å². The van der Waals surface area contributed by atoms with Gasteiger partial charge in [0, 0.05) is 26.2 Å². The Labute approximate surface area is 117 Å². The third-order valence-corrected chi connectivity index (χ3v) is 4.44. The van der Waals surface area contributed by atoms with Crippen LogP contribution in [-0.4, -0.2) is 41.2 Å². The van der Waals surface area contributed by atoms with Gasteiger partial charge in [0.1, 0.15) is 0 Å². The summed E-state index contributed by atoms with van der Waals surface area (Å²) in [4.78, 5) is 7.77. The first-order chi connectivity index (χ1) is 8.81. The molecule has 3 rings (SSSR count). The van der Waals surface area contributed by atoms with Gasteiger partial charge in [-0.25, -0.2) is 0 Å². The molecule has 18 heavy (non-hydrogen) atoms. The number of halogens is 1. The van der Waals surface area contributed by atoms with Gasteiger partial charge in [-0.15, -0.1) is 11.3 Å². The van der Waals surface area contributed by atoms with Crippen LogP contribution in [-0.2, 0) is 6.54 Å². The molecule has 1 fully saturated rings. The number of nitrogens with one attached hydrogen (secondary N) is 1. The third kappa shape index (κ3) is 2.80. The standard InChI is InChI=1S/C11H13BrN4OS/c12-9-2-1-8(18-9)11-14-10(15-17-11)7-16-5-3-13-4-6-16/h1-2,13H,3-7H2. The Morgan fingerprint density at radius 2 is 2.22 bits per heavy atom. The van der Waals surface area contributed by atoms with E-state index in [9.17, 15) is 0 Å². The van der Waals surface area contributed by atoms with E-state index in [-0.39, 0.29) is 0 Å². The lowest BCUT2D eigenvalue weighted by atomic mass is 10.3. The van der Waals surface area contributed by atoms with Crippen LogP contribution in [0.4, 0.5) is 0 Å². The van der Waals surface area contributed by atoms with Crippen LogP contribution >= 0.6 is 27.3 Å². The van der Waals surface area contributed by atoms with E-state index in [4.69, 9.17) is 4.52 Å². The Kier molecular flexibility index (Phi) is 3.74. The van der Waals surface area contributed by atoms with Crippen LogP contribution in [0.5, 0.6) is 0 Å². The zero-order valence-electron chi connectivity index (χ0n) is 9.73. The maximum absolute atomic E-state index is 5.29. The van der Waals surface area contributed by atoms with Crippen molar-refractivity contribution in [1.82, 2.24) is 20.4 Å². The second kappa shape index (κ2) is 5.48. The molecule has 96 valence electrons. The van der Waals surface area contributed by atoms with Gasteiger partial charge >= 0.3 is 0 Å². The summed E-state index contributed by atoms with van der Waals surface area (Å²) in [5.41, 5.74) is 0. The molecule has 0 saturated carbocycles. The molecule has 0 unspecified atom stereocenters. The molecule has 5 nitrogen and oxygen atoms in total. The molecule has 3 heterocycles. The average Bonchev–Trinajstić information content (AvgIpc) is 2.99. The van der Waals surface area contributed by atoms with Gasteiger partial charge in [0.25, 0.3) is 5.89 Å². The van der Waals surface area contributed by atoms with Crippen LogP contribution in [0.15, 0.2) is 20.4 Å². The van der Waals surface area contributed by atoms with Crippen LogP contribution in [0.1, 0.15) is 5.82 Å². The molecule has 1 aliphatic rings. The fraction of sp³-hybridized carbons (Fsp3) is 0.455. The van der Waals surface area contributed by atoms with E-state index >= 15 is 0 Å². The zero-order chi connectivity index (χ0) is 12.4. The number of thiophene rings is 1. The highest BCUT2D eigenvalue weighted by molar-refractivity contribution is 9.11. The van der Waals surface area contributed by atoms with Crippen molar-refractivity contribution in [2.24, 2.45) is 0 Å². The fourth-order valence-electron chi connectivity index (χ4n) is 1.92. The first-order valence-electron chi connectivity index (χ1n) is 5.82. The second-order valence-corrected chi connectivity index (χ2v) is 6.61. The highest BCUT2D eigenvalue weighted by Gasteiger charge is 2.15.